The molecule has 0 spiro atoms. The number of para-hydroxylation sites is 1. The number of fused-ring (bicyclic) bond motifs is 1. The van der Waals surface area contributed by atoms with E-state index in [2.05, 4.69) is 5.32 Å². The molecular weight excluding hydrogens is 358 g/mol. The van der Waals surface area contributed by atoms with E-state index in [1.54, 1.807) is 4.57 Å². The molecule has 0 aliphatic heterocycles. The highest BCUT2D eigenvalue weighted by molar-refractivity contribution is 8.00. The third-order valence-corrected chi connectivity index (χ3v) is 4.92. The topological polar surface area (TPSA) is 51.1 Å². The van der Waals surface area contributed by atoms with Crippen molar-refractivity contribution in [1.29, 1.82) is 0 Å². The van der Waals surface area contributed by atoms with Gasteiger partial charge < -0.3 is 9.88 Å². The molecule has 0 aliphatic carbocycles. The van der Waals surface area contributed by atoms with Crippen molar-refractivity contribution in [3.05, 3.63) is 70.5 Å². The number of carbonyl (C=O) groups is 1. The van der Waals surface area contributed by atoms with Gasteiger partial charge in [0.2, 0.25) is 5.91 Å². The highest BCUT2D eigenvalue weighted by Crippen LogP contribution is 2.26. The molecule has 0 fully saturated rings. The van der Waals surface area contributed by atoms with E-state index < -0.39 is 17.5 Å². The number of aryl methyl sites for hydroxylation is 1. The molecule has 134 valence electrons. The van der Waals surface area contributed by atoms with Crippen molar-refractivity contribution in [1.82, 2.24) is 4.57 Å². The van der Waals surface area contributed by atoms with Crippen LogP contribution in [0.1, 0.15) is 6.92 Å². The number of hydrogen-bond donors (Lipinski definition) is 1. The Labute approximate surface area is 152 Å². The fourth-order valence-electron chi connectivity index (χ4n) is 2.67. The van der Waals surface area contributed by atoms with Gasteiger partial charge in [-0.3, -0.25) is 9.59 Å². The predicted molar refractivity (Wildman–Crippen MR) is 99.6 cm³/mol. The summed E-state index contributed by atoms with van der Waals surface area (Å²) >= 11 is 1.20. The number of halogens is 2. The molecule has 1 N–H and O–H groups in total. The summed E-state index contributed by atoms with van der Waals surface area (Å²) in [6.07, 6.45) is 0. The summed E-state index contributed by atoms with van der Waals surface area (Å²) in [6.45, 7) is 2.44. The second-order valence-electron chi connectivity index (χ2n) is 5.57. The van der Waals surface area contributed by atoms with Gasteiger partial charge in [0.05, 0.1) is 17.0 Å². The molecule has 0 bridgehead atoms. The summed E-state index contributed by atoms with van der Waals surface area (Å²) in [5.41, 5.74) is 0.580. The van der Waals surface area contributed by atoms with Gasteiger partial charge in [-0.25, -0.2) is 8.78 Å². The molecule has 0 unspecified atom stereocenters. The quantitative estimate of drug-likeness (QED) is 0.686. The average molecular weight is 374 g/mol. The van der Waals surface area contributed by atoms with Crippen LogP contribution in [0.4, 0.5) is 14.5 Å². The van der Waals surface area contributed by atoms with E-state index in [9.17, 15) is 18.4 Å². The van der Waals surface area contributed by atoms with E-state index in [0.717, 1.165) is 17.0 Å². The maximum Gasteiger partial charge on any atom is 0.252 e. The Kier molecular flexibility index (Phi) is 5.37. The predicted octanol–water partition coefficient (Wildman–Crippen LogP) is 4.03. The number of pyridine rings is 1. The van der Waals surface area contributed by atoms with Crippen molar-refractivity contribution in [2.45, 2.75) is 18.4 Å². The largest absolute Gasteiger partial charge is 0.323 e. The number of thioether (sulfide) groups is 1. The Morgan fingerprint density at radius 3 is 2.65 bits per heavy atom. The zero-order valence-electron chi connectivity index (χ0n) is 14.0. The number of anilines is 1. The van der Waals surface area contributed by atoms with Gasteiger partial charge in [-0.15, -0.1) is 11.8 Å². The maximum absolute atomic E-state index is 13.6. The van der Waals surface area contributed by atoms with Crippen molar-refractivity contribution in [3.8, 4) is 0 Å². The smallest absolute Gasteiger partial charge is 0.252 e. The molecule has 2 aromatic carbocycles. The van der Waals surface area contributed by atoms with Gasteiger partial charge in [-0.05, 0) is 25.1 Å². The summed E-state index contributed by atoms with van der Waals surface area (Å²) < 4.78 is 28.2. The number of carbonyl (C=O) groups excluding carboxylic acids is 1. The summed E-state index contributed by atoms with van der Waals surface area (Å²) in [5.74, 6) is -1.99. The van der Waals surface area contributed by atoms with E-state index >= 15 is 0 Å². The van der Waals surface area contributed by atoms with Crippen molar-refractivity contribution in [2.24, 2.45) is 0 Å². The summed E-state index contributed by atoms with van der Waals surface area (Å²) in [7, 11) is 0. The molecule has 1 heterocycles. The standard InChI is InChI=1S/C19H16F2N2O2S/c1-2-23-16-6-4-3-5-13(16)17(10-19(23)25)26-11-18(24)22-15-8-7-12(20)9-14(15)21/h3-10H,2,11H2,1H3,(H,22,24). The van der Waals surface area contributed by atoms with Gasteiger partial charge in [0.25, 0.3) is 5.56 Å². The number of amides is 1. The number of benzene rings is 2. The van der Waals surface area contributed by atoms with Gasteiger partial charge >= 0.3 is 0 Å². The first-order valence-corrected chi connectivity index (χ1v) is 8.98. The first-order valence-electron chi connectivity index (χ1n) is 8.00. The second kappa shape index (κ2) is 7.70. The monoisotopic (exact) mass is 374 g/mol. The lowest BCUT2D eigenvalue weighted by atomic mass is 10.2. The third-order valence-electron chi connectivity index (χ3n) is 3.86. The Morgan fingerprint density at radius 1 is 1.15 bits per heavy atom. The van der Waals surface area contributed by atoms with Crippen LogP contribution in [-0.2, 0) is 11.3 Å². The zero-order valence-corrected chi connectivity index (χ0v) is 14.8. The van der Waals surface area contributed by atoms with Gasteiger partial charge in [0.15, 0.2) is 0 Å². The number of rotatable bonds is 5. The van der Waals surface area contributed by atoms with Gasteiger partial charge in [-0.2, -0.15) is 0 Å². The van der Waals surface area contributed by atoms with E-state index in [1.807, 2.05) is 31.2 Å². The zero-order chi connectivity index (χ0) is 18.7. The molecular formula is C19H16F2N2O2S. The van der Waals surface area contributed by atoms with Gasteiger partial charge in [0, 0.05) is 29.0 Å². The van der Waals surface area contributed by atoms with E-state index in [4.69, 9.17) is 0 Å². The summed E-state index contributed by atoms with van der Waals surface area (Å²) in [6, 6.07) is 11.9. The average Bonchev–Trinajstić information content (AvgIpc) is 2.62. The fraction of sp³-hybridized carbons (Fsp3) is 0.158. The lowest BCUT2D eigenvalue weighted by Gasteiger charge is -2.12. The molecule has 26 heavy (non-hydrogen) atoms. The molecule has 4 nitrogen and oxygen atoms in total. The molecule has 3 aromatic rings. The summed E-state index contributed by atoms with van der Waals surface area (Å²) in [4.78, 5) is 25.0. The normalized spacial score (nSPS) is 10.9. The van der Waals surface area contributed by atoms with Crippen LogP contribution in [0.3, 0.4) is 0 Å². The van der Waals surface area contributed by atoms with E-state index in [1.165, 1.54) is 23.9 Å². The van der Waals surface area contributed by atoms with E-state index in [0.29, 0.717) is 17.5 Å². The van der Waals surface area contributed by atoms with Crippen LogP contribution in [0.2, 0.25) is 0 Å². The van der Waals surface area contributed by atoms with Crippen LogP contribution in [-0.4, -0.2) is 16.2 Å². The lowest BCUT2D eigenvalue weighted by molar-refractivity contribution is -0.113. The van der Waals surface area contributed by atoms with Crippen LogP contribution >= 0.6 is 11.8 Å². The van der Waals surface area contributed by atoms with E-state index in [-0.39, 0.29) is 17.0 Å². The van der Waals surface area contributed by atoms with Crippen molar-refractivity contribution >= 4 is 34.3 Å². The molecule has 0 radical (unpaired) electrons. The minimum atomic E-state index is -0.834. The Hall–Kier alpha value is -2.67. The van der Waals surface area contributed by atoms with Gasteiger partial charge in [-0.1, -0.05) is 18.2 Å². The molecule has 7 heteroatoms. The first kappa shape index (κ1) is 18.1. The lowest BCUT2D eigenvalue weighted by Crippen LogP contribution is -2.19. The Balaban J connectivity index is 1.79. The number of aromatic nitrogens is 1. The SMILES string of the molecule is CCn1c(=O)cc(SCC(=O)Nc2ccc(F)cc2F)c2ccccc21. The fourth-order valence-corrected chi connectivity index (χ4v) is 3.54. The molecule has 0 saturated carbocycles. The van der Waals surface area contributed by atoms with Crippen LogP contribution < -0.4 is 10.9 Å². The van der Waals surface area contributed by atoms with Crippen LogP contribution in [0.15, 0.2) is 58.2 Å². The van der Waals surface area contributed by atoms with Crippen molar-refractivity contribution in [2.75, 3.05) is 11.1 Å². The number of hydrogen-bond acceptors (Lipinski definition) is 3. The highest BCUT2D eigenvalue weighted by atomic mass is 32.2. The minimum Gasteiger partial charge on any atom is -0.323 e. The third kappa shape index (κ3) is 3.77. The summed E-state index contributed by atoms with van der Waals surface area (Å²) in [5, 5.41) is 3.28. The first-order chi connectivity index (χ1) is 12.5. The highest BCUT2D eigenvalue weighted by Gasteiger charge is 2.12. The molecule has 0 saturated heterocycles. The molecule has 1 amide bonds. The second-order valence-corrected chi connectivity index (χ2v) is 6.59. The van der Waals surface area contributed by atoms with Crippen molar-refractivity contribution in [3.63, 3.8) is 0 Å². The molecule has 3 rings (SSSR count). The van der Waals surface area contributed by atoms with Gasteiger partial charge in [0.1, 0.15) is 11.6 Å². The van der Waals surface area contributed by atoms with Crippen LogP contribution in [0, 0.1) is 11.6 Å². The molecule has 0 atom stereocenters. The minimum absolute atomic E-state index is 0.00358. The molecule has 0 aliphatic rings. The molecule has 1 aromatic heterocycles. The van der Waals surface area contributed by atoms with Crippen LogP contribution in [0.5, 0.6) is 0 Å². The number of nitrogens with zero attached hydrogens (tertiary/aromatic N) is 1. The Bertz CT molecular complexity index is 1030. The number of nitrogens with one attached hydrogen (secondary N) is 1. The van der Waals surface area contributed by atoms with Crippen LogP contribution in [0.25, 0.3) is 10.9 Å². The Morgan fingerprint density at radius 2 is 1.92 bits per heavy atom. The van der Waals surface area contributed by atoms with Crippen molar-refractivity contribution < 1.29 is 13.6 Å². The maximum atomic E-state index is 13.6.